The van der Waals surface area contributed by atoms with E-state index in [2.05, 4.69) is 20.9 Å². The Kier molecular flexibility index (Phi) is 8.81. The standard InChI is InChI=1S/C19H24BrNO6S/c1-11-14(18(22)26-8-6-24-3)16(17-13(20)5-10-28-17)15(12(2)21-11)19(23)27-9-7-25-4/h5,10,14,16H,6-9H2,1-4H3. The van der Waals surface area contributed by atoms with E-state index in [1.807, 2.05) is 11.4 Å². The quantitative estimate of drug-likeness (QED) is 0.403. The van der Waals surface area contributed by atoms with Crippen molar-refractivity contribution in [3.8, 4) is 0 Å². The van der Waals surface area contributed by atoms with Crippen molar-refractivity contribution >= 4 is 44.9 Å². The molecule has 1 aromatic heterocycles. The third-order valence-corrected chi connectivity index (χ3v) is 6.24. The van der Waals surface area contributed by atoms with Crippen LogP contribution in [-0.4, -0.2) is 58.3 Å². The lowest BCUT2D eigenvalue weighted by atomic mass is 9.79. The van der Waals surface area contributed by atoms with Crippen molar-refractivity contribution in [1.29, 1.82) is 0 Å². The Morgan fingerprint density at radius 1 is 1.11 bits per heavy atom. The van der Waals surface area contributed by atoms with Gasteiger partial charge < -0.3 is 18.9 Å². The van der Waals surface area contributed by atoms with Gasteiger partial charge in [0.1, 0.15) is 19.1 Å². The lowest BCUT2D eigenvalue weighted by Gasteiger charge is -2.31. The lowest BCUT2D eigenvalue weighted by Crippen LogP contribution is -2.36. The molecule has 0 aliphatic carbocycles. The van der Waals surface area contributed by atoms with Crippen LogP contribution in [0.25, 0.3) is 0 Å². The zero-order chi connectivity index (χ0) is 20.7. The Morgan fingerprint density at radius 2 is 1.75 bits per heavy atom. The van der Waals surface area contributed by atoms with Gasteiger partial charge in [-0.15, -0.1) is 11.3 Å². The molecule has 0 saturated carbocycles. The van der Waals surface area contributed by atoms with E-state index < -0.39 is 23.8 Å². The summed E-state index contributed by atoms with van der Waals surface area (Å²) in [6.07, 6.45) is 0. The smallest absolute Gasteiger partial charge is 0.336 e. The summed E-state index contributed by atoms with van der Waals surface area (Å²) in [6, 6.07) is 1.89. The van der Waals surface area contributed by atoms with Crippen molar-refractivity contribution in [2.75, 3.05) is 40.6 Å². The number of esters is 2. The molecule has 0 amide bonds. The van der Waals surface area contributed by atoms with Crippen molar-refractivity contribution < 1.29 is 28.5 Å². The zero-order valence-corrected chi connectivity index (χ0v) is 18.7. The number of halogens is 1. The Balaban J connectivity index is 2.42. The first-order valence-corrected chi connectivity index (χ1v) is 10.4. The van der Waals surface area contributed by atoms with Gasteiger partial charge in [-0.3, -0.25) is 9.79 Å². The fraction of sp³-hybridized carbons (Fsp3) is 0.526. The normalized spacial score (nSPS) is 19.4. The third kappa shape index (κ3) is 5.28. The first-order valence-electron chi connectivity index (χ1n) is 8.72. The van der Waals surface area contributed by atoms with Gasteiger partial charge in [-0.05, 0) is 41.2 Å². The molecule has 2 rings (SSSR count). The molecule has 0 bridgehead atoms. The van der Waals surface area contributed by atoms with Crippen LogP contribution in [0, 0.1) is 5.92 Å². The molecular weight excluding hydrogens is 450 g/mol. The molecule has 0 spiro atoms. The van der Waals surface area contributed by atoms with E-state index in [1.165, 1.54) is 25.6 Å². The second-order valence-corrected chi connectivity index (χ2v) is 7.93. The molecule has 2 heterocycles. The van der Waals surface area contributed by atoms with Gasteiger partial charge in [-0.1, -0.05) is 0 Å². The summed E-state index contributed by atoms with van der Waals surface area (Å²) in [6.45, 7) is 4.35. The number of ether oxygens (including phenoxy) is 4. The zero-order valence-electron chi connectivity index (χ0n) is 16.3. The first kappa shape index (κ1) is 22.7. The average molecular weight is 474 g/mol. The van der Waals surface area contributed by atoms with Gasteiger partial charge in [-0.2, -0.15) is 0 Å². The van der Waals surface area contributed by atoms with Crippen molar-refractivity contribution in [3.05, 3.63) is 32.1 Å². The van der Waals surface area contributed by atoms with E-state index in [0.717, 1.165) is 9.35 Å². The predicted molar refractivity (Wildman–Crippen MR) is 110 cm³/mol. The number of nitrogens with zero attached hydrogens (tertiary/aromatic N) is 1. The number of carbonyl (C=O) groups excluding carboxylic acids is 2. The Labute approximate surface area is 176 Å². The van der Waals surface area contributed by atoms with Gasteiger partial charge in [0.15, 0.2) is 0 Å². The minimum Gasteiger partial charge on any atom is -0.463 e. The molecule has 28 heavy (non-hydrogen) atoms. The van der Waals surface area contributed by atoms with Crippen LogP contribution in [0.3, 0.4) is 0 Å². The molecule has 7 nitrogen and oxygen atoms in total. The van der Waals surface area contributed by atoms with Crippen LogP contribution in [-0.2, 0) is 28.5 Å². The fourth-order valence-corrected chi connectivity index (χ4v) is 4.80. The third-order valence-electron chi connectivity index (χ3n) is 4.28. The van der Waals surface area contributed by atoms with Crippen molar-refractivity contribution in [1.82, 2.24) is 0 Å². The molecule has 1 aromatic rings. The fourth-order valence-electron chi connectivity index (χ4n) is 3.03. The summed E-state index contributed by atoms with van der Waals surface area (Å²) < 4.78 is 21.4. The highest BCUT2D eigenvalue weighted by Gasteiger charge is 2.43. The molecule has 0 saturated heterocycles. The molecule has 0 radical (unpaired) electrons. The summed E-state index contributed by atoms with van der Waals surface area (Å²) in [5.41, 5.74) is 1.49. The maximum Gasteiger partial charge on any atom is 0.336 e. The van der Waals surface area contributed by atoms with Crippen LogP contribution in [0.2, 0.25) is 0 Å². The molecular formula is C19H24BrNO6S. The Morgan fingerprint density at radius 3 is 2.32 bits per heavy atom. The highest BCUT2D eigenvalue weighted by Crippen LogP contribution is 2.44. The van der Waals surface area contributed by atoms with E-state index in [9.17, 15) is 9.59 Å². The van der Waals surface area contributed by atoms with E-state index in [4.69, 9.17) is 18.9 Å². The van der Waals surface area contributed by atoms with Gasteiger partial charge in [0.2, 0.25) is 0 Å². The molecule has 9 heteroatoms. The topological polar surface area (TPSA) is 83.4 Å². The van der Waals surface area contributed by atoms with E-state index in [-0.39, 0.29) is 19.8 Å². The molecule has 0 aromatic carbocycles. The number of hydrogen-bond donors (Lipinski definition) is 0. The molecule has 0 fully saturated rings. The van der Waals surface area contributed by atoms with Gasteiger partial charge in [-0.25, -0.2) is 4.79 Å². The maximum atomic E-state index is 12.9. The number of rotatable bonds is 9. The first-order chi connectivity index (χ1) is 13.4. The van der Waals surface area contributed by atoms with Crippen LogP contribution in [0.4, 0.5) is 0 Å². The highest BCUT2D eigenvalue weighted by atomic mass is 79.9. The number of carbonyl (C=O) groups is 2. The molecule has 1 aliphatic heterocycles. The second-order valence-electron chi connectivity index (χ2n) is 6.13. The summed E-state index contributed by atoms with van der Waals surface area (Å²) in [7, 11) is 3.07. The summed E-state index contributed by atoms with van der Waals surface area (Å²) in [5, 5.41) is 1.90. The lowest BCUT2D eigenvalue weighted by molar-refractivity contribution is -0.148. The minimum atomic E-state index is -0.722. The van der Waals surface area contributed by atoms with Gasteiger partial charge in [0.05, 0.1) is 18.8 Å². The molecule has 154 valence electrons. The van der Waals surface area contributed by atoms with Crippen molar-refractivity contribution in [2.45, 2.75) is 19.8 Å². The summed E-state index contributed by atoms with van der Waals surface area (Å²) in [5.74, 6) is -2.22. The Bertz CT molecular complexity index is 772. The number of thiophene rings is 1. The molecule has 1 aliphatic rings. The average Bonchev–Trinajstić information content (AvgIpc) is 3.06. The van der Waals surface area contributed by atoms with Crippen LogP contribution >= 0.6 is 27.3 Å². The number of allylic oxidation sites excluding steroid dienone is 1. The summed E-state index contributed by atoms with van der Waals surface area (Å²) >= 11 is 4.98. The van der Waals surface area contributed by atoms with Crippen molar-refractivity contribution in [3.63, 3.8) is 0 Å². The number of methoxy groups -OCH3 is 2. The molecule has 2 unspecified atom stereocenters. The van der Waals surface area contributed by atoms with Gasteiger partial charge >= 0.3 is 11.9 Å². The van der Waals surface area contributed by atoms with E-state index in [1.54, 1.807) is 13.8 Å². The van der Waals surface area contributed by atoms with Crippen LogP contribution in [0.5, 0.6) is 0 Å². The molecule has 2 atom stereocenters. The highest BCUT2D eigenvalue weighted by molar-refractivity contribution is 9.10. The Hall–Kier alpha value is -1.55. The SMILES string of the molecule is COCCOC(=O)C1=C(C)N=C(C)C(C(=O)OCCOC)C1c1sccc1Br. The predicted octanol–water partition coefficient (Wildman–Crippen LogP) is 3.34. The van der Waals surface area contributed by atoms with Gasteiger partial charge in [0, 0.05) is 40.9 Å². The number of aliphatic imine (C=N–C) groups is 1. The van der Waals surface area contributed by atoms with Crippen LogP contribution in [0.1, 0.15) is 24.6 Å². The van der Waals surface area contributed by atoms with E-state index in [0.29, 0.717) is 23.6 Å². The number of hydrogen-bond acceptors (Lipinski definition) is 8. The maximum absolute atomic E-state index is 12.9. The second kappa shape index (κ2) is 10.8. The molecule has 0 N–H and O–H groups in total. The summed E-state index contributed by atoms with van der Waals surface area (Å²) in [4.78, 5) is 31.0. The van der Waals surface area contributed by atoms with Crippen molar-refractivity contribution in [2.24, 2.45) is 10.9 Å². The monoisotopic (exact) mass is 473 g/mol. The van der Waals surface area contributed by atoms with Crippen LogP contribution < -0.4 is 0 Å². The van der Waals surface area contributed by atoms with Gasteiger partial charge in [0.25, 0.3) is 0 Å². The minimum absolute atomic E-state index is 0.121. The van der Waals surface area contributed by atoms with Crippen LogP contribution in [0.15, 0.2) is 32.2 Å². The largest absolute Gasteiger partial charge is 0.463 e. The van der Waals surface area contributed by atoms with E-state index >= 15 is 0 Å².